The molecule has 3 aliphatic heterocycles. The zero-order valence-electron chi connectivity index (χ0n) is 17.0. The van der Waals surface area contributed by atoms with E-state index in [2.05, 4.69) is 26.9 Å². The minimum absolute atomic E-state index is 0.736. The predicted molar refractivity (Wildman–Crippen MR) is 108 cm³/mol. The van der Waals surface area contributed by atoms with Gasteiger partial charge in [0.25, 0.3) is 0 Å². The molecule has 0 saturated carbocycles. The molecule has 3 rings (SSSR count). The third-order valence-electron chi connectivity index (χ3n) is 6.27. The number of nitrogens with zero attached hydrogens (tertiary/aromatic N) is 4. The summed E-state index contributed by atoms with van der Waals surface area (Å²) in [5, 5.41) is 3.54. The lowest BCUT2D eigenvalue weighted by molar-refractivity contribution is 0.121. The van der Waals surface area contributed by atoms with Crippen molar-refractivity contribution in [2.24, 2.45) is 10.9 Å². The normalized spacial score (nSPS) is 26.8. The third kappa shape index (κ3) is 5.57. The van der Waals surface area contributed by atoms with E-state index in [1.807, 2.05) is 0 Å². The fourth-order valence-corrected chi connectivity index (χ4v) is 4.59. The maximum absolute atomic E-state index is 5.20. The second-order valence-corrected chi connectivity index (χ2v) is 8.10. The lowest BCUT2D eigenvalue weighted by Gasteiger charge is -2.31. The Balaban J connectivity index is 1.45. The van der Waals surface area contributed by atoms with Crippen LogP contribution in [0.5, 0.6) is 0 Å². The SMILES string of the molecule is CCNC(=NCC1CCN(CCOC)CC1)N1CCC(N2CCCC2)C1. The summed E-state index contributed by atoms with van der Waals surface area (Å²) in [6.07, 6.45) is 6.59. The summed E-state index contributed by atoms with van der Waals surface area (Å²) in [6.45, 7) is 13.3. The number of methoxy groups -OCH3 is 1. The molecule has 6 heteroatoms. The molecule has 0 aromatic carbocycles. The van der Waals surface area contributed by atoms with Crippen LogP contribution in [0.1, 0.15) is 39.0 Å². The number of aliphatic imine (C=N–C) groups is 1. The Morgan fingerprint density at radius 2 is 1.85 bits per heavy atom. The molecule has 0 aromatic heterocycles. The summed E-state index contributed by atoms with van der Waals surface area (Å²) in [4.78, 5) is 12.8. The number of ether oxygens (including phenoxy) is 1. The van der Waals surface area contributed by atoms with Gasteiger partial charge in [-0.2, -0.15) is 0 Å². The van der Waals surface area contributed by atoms with Gasteiger partial charge < -0.3 is 19.9 Å². The maximum Gasteiger partial charge on any atom is 0.193 e. The zero-order valence-corrected chi connectivity index (χ0v) is 17.0. The quantitative estimate of drug-likeness (QED) is 0.547. The molecule has 0 bridgehead atoms. The van der Waals surface area contributed by atoms with Gasteiger partial charge in [0.1, 0.15) is 0 Å². The molecule has 3 saturated heterocycles. The van der Waals surface area contributed by atoms with Gasteiger partial charge in [-0.1, -0.05) is 0 Å². The van der Waals surface area contributed by atoms with E-state index in [1.165, 1.54) is 58.3 Å². The van der Waals surface area contributed by atoms with Crippen LogP contribution in [0.3, 0.4) is 0 Å². The first-order valence-corrected chi connectivity index (χ1v) is 10.8. The average molecular weight is 366 g/mol. The van der Waals surface area contributed by atoms with E-state index in [1.54, 1.807) is 7.11 Å². The Morgan fingerprint density at radius 3 is 2.54 bits per heavy atom. The van der Waals surface area contributed by atoms with Crippen LogP contribution in [0.4, 0.5) is 0 Å². The minimum atomic E-state index is 0.736. The lowest BCUT2D eigenvalue weighted by atomic mass is 9.97. The van der Waals surface area contributed by atoms with E-state index in [4.69, 9.17) is 9.73 Å². The molecule has 3 fully saturated rings. The highest BCUT2D eigenvalue weighted by Gasteiger charge is 2.30. The van der Waals surface area contributed by atoms with Crippen molar-refractivity contribution in [1.82, 2.24) is 20.0 Å². The zero-order chi connectivity index (χ0) is 18.2. The van der Waals surface area contributed by atoms with Gasteiger partial charge in [0, 0.05) is 45.9 Å². The van der Waals surface area contributed by atoms with Crippen LogP contribution in [-0.4, -0.2) is 99.3 Å². The third-order valence-corrected chi connectivity index (χ3v) is 6.27. The number of likely N-dealkylation sites (tertiary alicyclic amines) is 3. The summed E-state index contributed by atoms with van der Waals surface area (Å²) in [7, 11) is 1.79. The molecule has 1 N–H and O–H groups in total. The van der Waals surface area contributed by atoms with E-state index in [0.717, 1.165) is 57.2 Å². The van der Waals surface area contributed by atoms with Crippen LogP contribution >= 0.6 is 0 Å². The maximum atomic E-state index is 5.20. The minimum Gasteiger partial charge on any atom is -0.383 e. The second-order valence-electron chi connectivity index (χ2n) is 8.10. The van der Waals surface area contributed by atoms with Gasteiger partial charge in [-0.3, -0.25) is 9.89 Å². The average Bonchev–Trinajstić information content (AvgIpc) is 3.35. The molecule has 0 amide bonds. The van der Waals surface area contributed by atoms with Gasteiger partial charge in [-0.25, -0.2) is 0 Å². The van der Waals surface area contributed by atoms with Gasteiger partial charge in [0.2, 0.25) is 0 Å². The molecule has 1 atom stereocenters. The molecule has 26 heavy (non-hydrogen) atoms. The van der Waals surface area contributed by atoms with Crippen LogP contribution in [0.25, 0.3) is 0 Å². The molecular weight excluding hydrogens is 326 g/mol. The van der Waals surface area contributed by atoms with Gasteiger partial charge in [0.05, 0.1) is 6.61 Å². The van der Waals surface area contributed by atoms with E-state index in [-0.39, 0.29) is 0 Å². The highest BCUT2D eigenvalue weighted by atomic mass is 16.5. The van der Waals surface area contributed by atoms with E-state index < -0.39 is 0 Å². The number of hydrogen-bond acceptors (Lipinski definition) is 4. The molecule has 1 unspecified atom stereocenters. The summed E-state index contributed by atoms with van der Waals surface area (Å²) in [6, 6.07) is 0.741. The van der Waals surface area contributed by atoms with Crippen molar-refractivity contribution in [3.8, 4) is 0 Å². The highest BCUT2D eigenvalue weighted by molar-refractivity contribution is 5.80. The Kier molecular flexibility index (Phi) is 8.02. The van der Waals surface area contributed by atoms with Crippen molar-refractivity contribution in [2.75, 3.05) is 72.6 Å². The predicted octanol–water partition coefficient (Wildman–Crippen LogP) is 1.48. The first-order valence-electron chi connectivity index (χ1n) is 10.8. The molecule has 0 radical (unpaired) electrons. The standard InChI is InChI=1S/C20H39N5O/c1-3-21-20(25-13-8-19(17-25)24-9-4-5-10-24)22-16-18-6-11-23(12-7-18)14-15-26-2/h18-19H,3-17H2,1-2H3,(H,21,22). The first kappa shape index (κ1) is 19.9. The van der Waals surface area contributed by atoms with Crippen molar-refractivity contribution >= 4 is 5.96 Å². The molecule has 0 spiro atoms. The second kappa shape index (κ2) is 10.5. The molecule has 150 valence electrons. The first-order chi connectivity index (χ1) is 12.8. The molecule has 6 nitrogen and oxygen atoms in total. The molecular formula is C20H39N5O. The van der Waals surface area contributed by atoms with Crippen molar-refractivity contribution < 1.29 is 4.74 Å². The fourth-order valence-electron chi connectivity index (χ4n) is 4.59. The van der Waals surface area contributed by atoms with E-state index >= 15 is 0 Å². The summed E-state index contributed by atoms with van der Waals surface area (Å²) in [5.41, 5.74) is 0. The smallest absolute Gasteiger partial charge is 0.193 e. The monoisotopic (exact) mass is 365 g/mol. The largest absolute Gasteiger partial charge is 0.383 e. The number of rotatable bonds is 7. The Hall–Kier alpha value is -0.850. The van der Waals surface area contributed by atoms with E-state index in [9.17, 15) is 0 Å². The summed E-state index contributed by atoms with van der Waals surface area (Å²) < 4.78 is 5.20. The van der Waals surface area contributed by atoms with Gasteiger partial charge in [-0.15, -0.1) is 0 Å². The van der Waals surface area contributed by atoms with Crippen LogP contribution in [-0.2, 0) is 4.74 Å². The van der Waals surface area contributed by atoms with Crippen LogP contribution < -0.4 is 5.32 Å². The van der Waals surface area contributed by atoms with Gasteiger partial charge in [0.15, 0.2) is 5.96 Å². The fraction of sp³-hybridized carbons (Fsp3) is 0.950. The number of nitrogens with one attached hydrogen (secondary N) is 1. The van der Waals surface area contributed by atoms with E-state index in [0.29, 0.717) is 0 Å². The van der Waals surface area contributed by atoms with Crippen molar-refractivity contribution in [1.29, 1.82) is 0 Å². The number of guanidine groups is 1. The summed E-state index contributed by atoms with van der Waals surface area (Å²) >= 11 is 0. The highest BCUT2D eigenvalue weighted by Crippen LogP contribution is 2.21. The van der Waals surface area contributed by atoms with Crippen molar-refractivity contribution in [3.63, 3.8) is 0 Å². The Morgan fingerprint density at radius 1 is 1.08 bits per heavy atom. The Labute approximate surface area is 159 Å². The topological polar surface area (TPSA) is 43.3 Å². The number of piperidine rings is 1. The van der Waals surface area contributed by atoms with Crippen LogP contribution in [0, 0.1) is 5.92 Å². The lowest BCUT2D eigenvalue weighted by Crippen LogP contribution is -2.43. The molecule has 3 aliphatic rings. The molecule has 0 aliphatic carbocycles. The van der Waals surface area contributed by atoms with Gasteiger partial charge in [-0.05, 0) is 71.1 Å². The van der Waals surface area contributed by atoms with Crippen molar-refractivity contribution in [2.45, 2.75) is 45.1 Å². The number of hydrogen-bond donors (Lipinski definition) is 1. The molecule has 3 heterocycles. The van der Waals surface area contributed by atoms with Crippen LogP contribution in [0.2, 0.25) is 0 Å². The summed E-state index contributed by atoms with van der Waals surface area (Å²) in [5.74, 6) is 1.88. The van der Waals surface area contributed by atoms with Gasteiger partial charge >= 0.3 is 0 Å². The molecule has 0 aromatic rings. The van der Waals surface area contributed by atoms with Crippen molar-refractivity contribution in [3.05, 3.63) is 0 Å². The van der Waals surface area contributed by atoms with Crippen LogP contribution in [0.15, 0.2) is 4.99 Å². The Bertz CT molecular complexity index is 430.